The van der Waals surface area contributed by atoms with Crippen LogP contribution in [0.2, 0.25) is 0 Å². The van der Waals surface area contributed by atoms with E-state index < -0.39 is 17.7 Å². The standard InChI is InChI=1S/C19H20N4O5/c1-12-4-3-5-14(8-12)22-18(25)19(26)23-21-10-13-6-7-15(16(9-13)27-2)28-11-17(20)24/h3-10H,11H2,1-2H3,(H2,20,24)(H,22,25)(H,23,26)/b21-10-. The Morgan fingerprint density at radius 1 is 1.11 bits per heavy atom. The zero-order valence-electron chi connectivity index (χ0n) is 15.4. The van der Waals surface area contributed by atoms with Crippen LogP contribution >= 0.6 is 0 Å². The number of carbonyl (C=O) groups excluding carboxylic acids is 3. The number of hydrazone groups is 1. The molecule has 0 aliphatic rings. The molecule has 0 saturated heterocycles. The summed E-state index contributed by atoms with van der Waals surface area (Å²) in [4.78, 5) is 34.5. The van der Waals surface area contributed by atoms with Crippen LogP contribution in [-0.2, 0) is 14.4 Å². The molecule has 9 nitrogen and oxygen atoms in total. The summed E-state index contributed by atoms with van der Waals surface area (Å²) in [6.45, 7) is 1.59. The molecule has 0 aromatic heterocycles. The van der Waals surface area contributed by atoms with Gasteiger partial charge < -0.3 is 20.5 Å². The minimum Gasteiger partial charge on any atom is -0.493 e. The highest BCUT2D eigenvalue weighted by atomic mass is 16.5. The molecule has 0 spiro atoms. The Bertz CT molecular complexity index is 911. The minimum absolute atomic E-state index is 0.282. The number of rotatable bonds is 7. The van der Waals surface area contributed by atoms with Gasteiger partial charge in [0, 0.05) is 5.69 Å². The molecule has 2 aromatic carbocycles. The van der Waals surface area contributed by atoms with Crippen molar-refractivity contribution in [3.05, 3.63) is 53.6 Å². The van der Waals surface area contributed by atoms with Gasteiger partial charge in [0.25, 0.3) is 5.91 Å². The van der Waals surface area contributed by atoms with Crippen LogP contribution in [0.25, 0.3) is 0 Å². The number of methoxy groups -OCH3 is 1. The Morgan fingerprint density at radius 3 is 2.57 bits per heavy atom. The van der Waals surface area contributed by atoms with Crippen molar-refractivity contribution in [3.63, 3.8) is 0 Å². The topological polar surface area (TPSA) is 132 Å². The average Bonchev–Trinajstić information content (AvgIpc) is 2.66. The first-order valence-corrected chi connectivity index (χ1v) is 8.19. The first kappa shape index (κ1) is 20.4. The van der Waals surface area contributed by atoms with E-state index in [0.717, 1.165) is 5.56 Å². The maximum absolute atomic E-state index is 11.9. The lowest BCUT2D eigenvalue weighted by Gasteiger charge is -2.09. The summed E-state index contributed by atoms with van der Waals surface area (Å²) in [7, 11) is 1.44. The molecule has 0 atom stereocenters. The third kappa shape index (κ3) is 6.13. The summed E-state index contributed by atoms with van der Waals surface area (Å²) >= 11 is 0. The van der Waals surface area contributed by atoms with Gasteiger partial charge in [-0.2, -0.15) is 5.10 Å². The van der Waals surface area contributed by atoms with Crippen molar-refractivity contribution in [1.82, 2.24) is 5.43 Å². The normalized spacial score (nSPS) is 10.4. The van der Waals surface area contributed by atoms with Crippen LogP contribution in [0.3, 0.4) is 0 Å². The summed E-state index contributed by atoms with van der Waals surface area (Å²) < 4.78 is 10.4. The average molecular weight is 384 g/mol. The molecule has 0 heterocycles. The van der Waals surface area contributed by atoms with E-state index in [1.54, 1.807) is 36.4 Å². The highest BCUT2D eigenvalue weighted by molar-refractivity contribution is 6.39. The molecule has 0 saturated carbocycles. The summed E-state index contributed by atoms with van der Waals surface area (Å²) in [5.74, 6) is -1.67. The van der Waals surface area contributed by atoms with Crippen molar-refractivity contribution < 1.29 is 23.9 Å². The van der Waals surface area contributed by atoms with Gasteiger partial charge in [-0.05, 0) is 48.4 Å². The maximum Gasteiger partial charge on any atom is 0.329 e. The van der Waals surface area contributed by atoms with E-state index in [-0.39, 0.29) is 6.61 Å². The third-order valence-electron chi connectivity index (χ3n) is 3.42. The number of ether oxygens (including phenoxy) is 2. The van der Waals surface area contributed by atoms with Crippen molar-refractivity contribution in [2.24, 2.45) is 10.8 Å². The highest BCUT2D eigenvalue weighted by Crippen LogP contribution is 2.27. The molecular weight excluding hydrogens is 364 g/mol. The van der Waals surface area contributed by atoms with Crippen LogP contribution in [0.1, 0.15) is 11.1 Å². The fourth-order valence-electron chi connectivity index (χ4n) is 2.16. The summed E-state index contributed by atoms with van der Waals surface area (Å²) in [6, 6.07) is 11.8. The van der Waals surface area contributed by atoms with Crippen LogP contribution in [0.15, 0.2) is 47.6 Å². The quantitative estimate of drug-likeness (QED) is 0.372. The van der Waals surface area contributed by atoms with Crippen molar-refractivity contribution in [2.45, 2.75) is 6.92 Å². The number of benzene rings is 2. The van der Waals surface area contributed by atoms with Crippen molar-refractivity contribution in [3.8, 4) is 11.5 Å². The first-order valence-electron chi connectivity index (χ1n) is 8.19. The lowest BCUT2D eigenvalue weighted by molar-refractivity contribution is -0.136. The van der Waals surface area contributed by atoms with Crippen LogP contribution in [0.4, 0.5) is 5.69 Å². The van der Waals surface area contributed by atoms with Gasteiger partial charge in [0.2, 0.25) is 0 Å². The van der Waals surface area contributed by atoms with E-state index in [4.69, 9.17) is 15.2 Å². The molecule has 9 heteroatoms. The second-order valence-electron chi connectivity index (χ2n) is 5.69. The molecule has 28 heavy (non-hydrogen) atoms. The Labute approximate surface area is 161 Å². The van der Waals surface area contributed by atoms with Crippen molar-refractivity contribution in [2.75, 3.05) is 19.0 Å². The number of hydrogen-bond donors (Lipinski definition) is 3. The summed E-state index contributed by atoms with van der Waals surface area (Å²) in [5.41, 5.74) is 9.22. The number of carbonyl (C=O) groups is 3. The number of nitrogens with zero attached hydrogens (tertiary/aromatic N) is 1. The number of hydrogen-bond acceptors (Lipinski definition) is 6. The maximum atomic E-state index is 11.9. The molecule has 0 bridgehead atoms. The SMILES string of the molecule is COc1cc(/C=N\NC(=O)C(=O)Nc2cccc(C)c2)ccc1OCC(N)=O. The summed E-state index contributed by atoms with van der Waals surface area (Å²) in [6.07, 6.45) is 1.33. The second kappa shape index (κ2) is 9.72. The Kier molecular flexibility index (Phi) is 7.09. The van der Waals surface area contributed by atoms with Crippen LogP contribution < -0.4 is 25.9 Å². The van der Waals surface area contributed by atoms with E-state index in [1.165, 1.54) is 13.3 Å². The molecule has 4 N–H and O–H groups in total. The molecule has 2 aromatic rings. The first-order chi connectivity index (χ1) is 13.4. The molecule has 0 aliphatic heterocycles. The van der Waals surface area contributed by atoms with E-state index in [0.29, 0.717) is 22.7 Å². The Balaban J connectivity index is 1.94. The number of amides is 3. The number of nitrogens with one attached hydrogen (secondary N) is 2. The number of anilines is 1. The van der Waals surface area contributed by atoms with Crippen molar-refractivity contribution in [1.29, 1.82) is 0 Å². The lowest BCUT2D eigenvalue weighted by atomic mass is 10.2. The van der Waals surface area contributed by atoms with Gasteiger partial charge in [0.15, 0.2) is 18.1 Å². The fraction of sp³-hybridized carbons (Fsp3) is 0.158. The minimum atomic E-state index is -0.911. The van der Waals surface area contributed by atoms with E-state index in [1.807, 2.05) is 13.0 Å². The number of primary amides is 1. The zero-order valence-corrected chi connectivity index (χ0v) is 15.4. The van der Waals surface area contributed by atoms with Gasteiger partial charge in [-0.3, -0.25) is 14.4 Å². The number of aryl methyl sites for hydroxylation is 1. The summed E-state index contributed by atoms with van der Waals surface area (Å²) in [5, 5.41) is 6.23. The molecule has 146 valence electrons. The predicted octanol–water partition coefficient (Wildman–Crippen LogP) is 0.957. The second-order valence-corrected chi connectivity index (χ2v) is 5.69. The van der Waals surface area contributed by atoms with Gasteiger partial charge in [0.1, 0.15) is 0 Å². The van der Waals surface area contributed by atoms with Crippen LogP contribution in [-0.4, -0.2) is 37.7 Å². The molecular formula is C19H20N4O5. The molecule has 0 unspecified atom stereocenters. The zero-order chi connectivity index (χ0) is 20.5. The molecule has 2 rings (SSSR count). The highest BCUT2D eigenvalue weighted by Gasteiger charge is 2.13. The lowest BCUT2D eigenvalue weighted by Crippen LogP contribution is -2.32. The Hall–Kier alpha value is -3.88. The fourth-order valence-corrected chi connectivity index (χ4v) is 2.16. The van der Waals surface area contributed by atoms with E-state index in [9.17, 15) is 14.4 Å². The van der Waals surface area contributed by atoms with Gasteiger partial charge in [-0.25, -0.2) is 5.43 Å². The van der Waals surface area contributed by atoms with Gasteiger partial charge in [0.05, 0.1) is 13.3 Å². The van der Waals surface area contributed by atoms with Gasteiger partial charge >= 0.3 is 11.8 Å². The molecule has 0 fully saturated rings. The Morgan fingerprint density at radius 2 is 1.89 bits per heavy atom. The van der Waals surface area contributed by atoms with E-state index in [2.05, 4.69) is 15.8 Å². The van der Waals surface area contributed by atoms with Gasteiger partial charge in [-0.1, -0.05) is 12.1 Å². The largest absolute Gasteiger partial charge is 0.493 e. The van der Waals surface area contributed by atoms with Crippen LogP contribution in [0.5, 0.6) is 11.5 Å². The van der Waals surface area contributed by atoms with E-state index >= 15 is 0 Å². The smallest absolute Gasteiger partial charge is 0.329 e. The number of nitrogens with two attached hydrogens (primary N) is 1. The van der Waals surface area contributed by atoms with Crippen LogP contribution in [0, 0.1) is 6.92 Å². The molecule has 0 aliphatic carbocycles. The molecule has 3 amide bonds. The third-order valence-corrected chi connectivity index (χ3v) is 3.42. The monoisotopic (exact) mass is 384 g/mol. The molecule has 0 radical (unpaired) electrons. The predicted molar refractivity (Wildman–Crippen MR) is 103 cm³/mol. The van der Waals surface area contributed by atoms with Crippen molar-refractivity contribution >= 4 is 29.6 Å². The van der Waals surface area contributed by atoms with Gasteiger partial charge in [-0.15, -0.1) is 0 Å².